The van der Waals surface area contributed by atoms with Crippen molar-refractivity contribution in [1.82, 2.24) is 0 Å². The van der Waals surface area contributed by atoms with Crippen LogP contribution in [0, 0.1) is 5.38 Å². The van der Waals surface area contributed by atoms with E-state index in [9.17, 15) is 0 Å². The van der Waals surface area contributed by atoms with Crippen molar-refractivity contribution in [3.63, 3.8) is 0 Å². The van der Waals surface area contributed by atoms with Gasteiger partial charge in [-0.1, -0.05) is 34.8 Å². The number of hydrogen-bond donors (Lipinski definition) is 0. The fraction of sp³-hybridized carbons (Fsp3) is 0.200. The van der Waals surface area contributed by atoms with Gasteiger partial charge in [-0.25, -0.2) is 0 Å². The van der Waals surface area contributed by atoms with Crippen LogP contribution in [0.1, 0.15) is 4.88 Å². The predicted octanol–water partition coefficient (Wildman–Crippen LogP) is 3.37. The zero-order valence-corrected chi connectivity index (χ0v) is 7.28. The van der Waals surface area contributed by atoms with Gasteiger partial charge in [-0.05, 0) is 12.1 Å². The molecule has 9 heavy (non-hydrogen) atoms. The van der Waals surface area contributed by atoms with Crippen molar-refractivity contribution in [2.75, 3.05) is 0 Å². The molecular formula is C5H2Cl3S. The van der Waals surface area contributed by atoms with Gasteiger partial charge in [0.2, 0.25) is 3.79 Å². The molecule has 0 saturated heterocycles. The lowest BCUT2D eigenvalue weighted by Gasteiger charge is -2.05. The third-order valence-corrected chi connectivity index (χ3v) is 2.61. The molecule has 0 aromatic carbocycles. The number of halogens is 3. The van der Waals surface area contributed by atoms with Gasteiger partial charge >= 0.3 is 0 Å². The first-order chi connectivity index (χ1) is 4.11. The molecule has 0 spiro atoms. The zero-order valence-electron chi connectivity index (χ0n) is 4.20. The van der Waals surface area contributed by atoms with Gasteiger partial charge in [0.15, 0.2) is 0 Å². The molecule has 0 aliphatic rings. The Kier molecular flexibility index (Phi) is 2.27. The standard InChI is InChI=1S/C5H2Cl3S/c6-5(7,8)4-2-1-3-9-4/h1-2H. The molecule has 0 bridgehead atoms. The van der Waals surface area contributed by atoms with Crippen LogP contribution in [-0.4, -0.2) is 0 Å². The molecule has 0 aliphatic carbocycles. The molecule has 0 fully saturated rings. The average molecular weight is 200 g/mol. The van der Waals surface area contributed by atoms with Crippen LogP contribution in [0.2, 0.25) is 0 Å². The molecule has 0 saturated carbocycles. The molecule has 49 valence electrons. The Balaban J connectivity index is 2.90. The lowest BCUT2D eigenvalue weighted by molar-refractivity contribution is 1.32. The van der Waals surface area contributed by atoms with Crippen LogP contribution in [0.4, 0.5) is 0 Å². The van der Waals surface area contributed by atoms with Crippen molar-refractivity contribution in [1.29, 1.82) is 0 Å². The van der Waals surface area contributed by atoms with E-state index in [4.69, 9.17) is 34.8 Å². The smallest absolute Gasteiger partial charge is 0.135 e. The van der Waals surface area contributed by atoms with E-state index in [1.165, 1.54) is 11.3 Å². The summed E-state index contributed by atoms with van der Waals surface area (Å²) in [4.78, 5) is 0.701. The molecular weight excluding hydrogens is 198 g/mol. The largest absolute Gasteiger partial charge is 0.225 e. The van der Waals surface area contributed by atoms with Crippen molar-refractivity contribution in [2.24, 2.45) is 0 Å². The number of thiophene rings is 1. The van der Waals surface area contributed by atoms with Crippen molar-refractivity contribution >= 4 is 46.1 Å². The maximum absolute atomic E-state index is 5.52. The second-order valence-electron chi connectivity index (χ2n) is 1.42. The lowest BCUT2D eigenvalue weighted by Crippen LogP contribution is -1.94. The van der Waals surface area contributed by atoms with Crippen LogP contribution in [-0.2, 0) is 3.79 Å². The Bertz CT molecular complexity index is 175. The molecule has 1 aromatic heterocycles. The van der Waals surface area contributed by atoms with Gasteiger partial charge < -0.3 is 0 Å². The molecule has 0 amide bonds. The normalized spacial score (nSPS) is 11.9. The number of hydrogen-bond acceptors (Lipinski definition) is 1. The van der Waals surface area contributed by atoms with E-state index in [1.807, 2.05) is 0 Å². The second kappa shape index (κ2) is 2.67. The summed E-state index contributed by atoms with van der Waals surface area (Å²) in [6, 6.07) is 3.46. The summed E-state index contributed by atoms with van der Waals surface area (Å²) >= 11 is 17.9. The second-order valence-corrected chi connectivity index (χ2v) is 4.58. The topological polar surface area (TPSA) is 0 Å². The summed E-state index contributed by atoms with van der Waals surface area (Å²) in [5.41, 5.74) is 0. The van der Waals surface area contributed by atoms with E-state index in [0.717, 1.165) is 0 Å². The highest BCUT2D eigenvalue weighted by Crippen LogP contribution is 2.40. The first-order valence-corrected chi connectivity index (χ1v) is 4.09. The molecule has 0 unspecified atom stereocenters. The maximum Gasteiger partial charge on any atom is 0.225 e. The van der Waals surface area contributed by atoms with E-state index in [-0.39, 0.29) is 0 Å². The molecule has 0 nitrogen and oxygen atoms in total. The third kappa shape index (κ3) is 2.01. The van der Waals surface area contributed by atoms with E-state index in [1.54, 1.807) is 12.1 Å². The lowest BCUT2D eigenvalue weighted by atomic mass is 10.5. The molecule has 1 aromatic rings. The van der Waals surface area contributed by atoms with Crippen LogP contribution in [0.15, 0.2) is 12.1 Å². The Labute approximate surface area is 72.3 Å². The number of alkyl halides is 3. The zero-order chi connectivity index (χ0) is 6.91. The molecule has 1 rings (SSSR count). The van der Waals surface area contributed by atoms with Gasteiger partial charge in [-0.3, -0.25) is 0 Å². The summed E-state index contributed by atoms with van der Waals surface area (Å²) in [5.74, 6) is 0. The van der Waals surface area contributed by atoms with Crippen LogP contribution in [0.3, 0.4) is 0 Å². The monoisotopic (exact) mass is 199 g/mol. The number of rotatable bonds is 0. The summed E-state index contributed by atoms with van der Waals surface area (Å²) in [7, 11) is 0. The molecule has 0 atom stereocenters. The SMILES string of the molecule is ClC(Cl)(Cl)c1cc[c]s1. The highest BCUT2D eigenvalue weighted by molar-refractivity contribution is 7.11. The Morgan fingerprint density at radius 3 is 2.33 bits per heavy atom. The third-order valence-electron chi connectivity index (χ3n) is 0.751. The minimum atomic E-state index is -1.27. The minimum Gasteiger partial charge on any atom is -0.135 e. The van der Waals surface area contributed by atoms with Crippen LogP contribution in [0.5, 0.6) is 0 Å². The fourth-order valence-corrected chi connectivity index (χ4v) is 1.44. The fourth-order valence-electron chi connectivity index (χ4n) is 0.394. The Hall–Kier alpha value is 0.570. The molecule has 1 radical (unpaired) electrons. The van der Waals surface area contributed by atoms with Gasteiger partial charge in [-0.15, -0.1) is 11.3 Å². The minimum absolute atomic E-state index is 0.701. The van der Waals surface area contributed by atoms with Crippen molar-refractivity contribution in [2.45, 2.75) is 3.79 Å². The van der Waals surface area contributed by atoms with Crippen molar-refractivity contribution < 1.29 is 0 Å². The van der Waals surface area contributed by atoms with Gasteiger partial charge in [0.25, 0.3) is 0 Å². The quantitative estimate of drug-likeness (QED) is 0.563. The van der Waals surface area contributed by atoms with Crippen molar-refractivity contribution in [3.05, 3.63) is 22.4 Å². The van der Waals surface area contributed by atoms with E-state index in [0.29, 0.717) is 4.88 Å². The summed E-state index contributed by atoms with van der Waals surface area (Å²) in [6.45, 7) is 0. The summed E-state index contributed by atoms with van der Waals surface area (Å²) in [5, 5.41) is 2.82. The molecule has 0 aliphatic heterocycles. The molecule has 1 heterocycles. The van der Waals surface area contributed by atoms with Gasteiger partial charge in [0.1, 0.15) is 0 Å². The summed E-state index contributed by atoms with van der Waals surface area (Å²) < 4.78 is -1.27. The van der Waals surface area contributed by atoms with Crippen LogP contribution < -0.4 is 0 Å². The average Bonchev–Trinajstić information content (AvgIpc) is 2.08. The van der Waals surface area contributed by atoms with Gasteiger partial charge in [0, 0.05) is 5.38 Å². The maximum atomic E-state index is 5.52. The van der Waals surface area contributed by atoms with E-state index < -0.39 is 3.79 Å². The Morgan fingerprint density at radius 1 is 1.44 bits per heavy atom. The predicted molar refractivity (Wildman–Crippen MR) is 42.4 cm³/mol. The van der Waals surface area contributed by atoms with E-state index >= 15 is 0 Å². The van der Waals surface area contributed by atoms with Crippen LogP contribution in [0.25, 0.3) is 0 Å². The first-order valence-electron chi connectivity index (χ1n) is 2.14. The molecule has 4 heteroatoms. The van der Waals surface area contributed by atoms with Gasteiger partial charge in [-0.2, -0.15) is 0 Å². The van der Waals surface area contributed by atoms with Gasteiger partial charge in [0.05, 0.1) is 4.88 Å². The Morgan fingerprint density at radius 2 is 2.11 bits per heavy atom. The summed E-state index contributed by atoms with van der Waals surface area (Å²) in [6.07, 6.45) is 0. The molecule has 0 N–H and O–H groups in total. The van der Waals surface area contributed by atoms with Crippen molar-refractivity contribution in [3.8, 4) is 0 Å². The van der Waals surface area contributed by atoms with E-state index in [2.05, 4.69) is 5.38 Å². The highest BCUT2D eigenvalue weighted by Gasteiger charge is 2.23. The van der Waals surface area contributed by atoms with Crippen LogP contribution >= 0.6 is 46.1 Å². The first kappa shape index (κ1) is 7.67. The highest BCUT2D eigenvalue weighted by atomic mass is 35.6.